The van der Waals surface area contributed by atoms with E-state index in [1.807, 2.05) is 12.2 Å². The molecule has 1 heterocycles. The van der Waals surface area contributed by atoms with E-state index in [2.05, 4.69) is 4.98 Å². The number of pyridine rings is 1. The predicted molar refractivity (Wildman–Crippen MR) is 109 cm³/mol. The van der Waals surface area contributed by atoms with Crippen molar-refractivity contribution in [1.82, 2.24) is 4.98 Å². The van der Waals surface area contributed by atoms with Crippen LogP contribution in [0, 0.1) is 5.82 Å². The van der Waals surface area contributed by atoms with Gasteiger partial charge >= 0.3 is 0 Å². The summed E-state index contributed by atoms with van der Waals surface area (Å²) in [7, 11) is -3.85. The minimum Gasteiger partial charge on any atom is -0.385 e. The van der Waals surface area contributed by atoms with Gasteiger partial charge in [0.2, 0.25) is 9.84 Å². The van der Waals surface area contributed by atoms with Gasteiger partial charge in [0.25, 0.3) is 0 Å². The molecule has 3 aromatic rings. The van der Waals surface area contributed by atoms with Gasteiger partial charge in [0.15, 0.2) is 5.03 Å². The standard InChI is InChI=1S/C23H20FNO3S/c24-19-10-6-17(7-11-19)4-5-18-8-12-20(13-9-18)29(27,28)22-21(3-1-16-25-22)23(26)14-2-15-23/h1,3-13,16,26H,2,14-15H2/b5-4+. The lowest BCUT2D eigenvalue weighted by Gasteiger charge is -2.37. The van der Waals surface area contributed by atoms with Crippen LogP contribution in [0.2, 0.25) is 0 Å². The summed E-state index contributed by atoms with van der Waals surface area (Å²) in [6.07, 6.45) is 7.01. The van der Waals surface area contributed by atoms with E-state index in [0.717, 1.165) is 17.5 Å². The number of sulfone groups is 1. The fraction of sp³-hybridized carbons (Fsp3) is 0.174. The van der Waals surface area contributed by atoms with Gasteiger partial charge in [0.1, 0.15) is 5.82 Å². The molecular weight excluding hydrogens is 389 g/mol. The lowest BCUT2D eigenvalue weighted by molar-refractivity contribution is -0.0417. The van der Waals surface area contributed by atoms with Crippen molar-refractivity contribution in [3.05, 3.63) is 89.4 Å². The number of halogens is 1. The van der Waals surface area contributed by atoms with E-state index in [9.17, 15) is 17.9 Å². The number of rotatable bonds is 5. The zero-order chi connectivity index (χ0) is 20.5. The van der Waals surface area contributed by atoms with E-state index in [1.165, 1.54) is 30.5 Å². The Morgan fingerprint density at radius 3 is 2.07 bits per heavy atom. The van der Waals surface area contributed by atoms with Gasteiger partial charge in [-0.1, -0.05) is 42.5 Å². The number of benzene rings is 2. The molecule has 2 aromatic carbocycles. The molecule has 4 rings (SSSR count). The van der Waals surface area contributed by atoms with Crippen molar-refractivity contribution < 1.29 is 17.9 Å². The third kappa shape index (κ3) is 3.86. The third-order valence-corrected chi connectivity index (χ3v) is 6.96. The highest BCUT2D eigenvalue weighted by Crippen LogP contribution is 2.43. The van der Waals surface area contributed by atoms with Crippen LogP contribution in [-0.4, -0.2) is 18.5 Å². The number of hydrogen-bond acceptors (Lipinski definition) is 4. The molecule has 148 valence electrons. The van der Waals surface area contributed by atoms with Gasteiger partial charge in [0.05, 0.1) is 10.5 Å². The van der Waals surface area contributed by atoms with Crippen molar-refractivity contribution in [1.29, 1.82) is 0 Å². The molecule has 0 spiro atoms. The Labute approximate surface area is 169 Å². The molecule has 29 heavy (non-hydrogen) atoms. The topological polar surface area (TPSA) is 67.3 Å². The van der Waals surface area contributed by atoms with E-state index < -0.39 is 15.4 Å². The molecule has 4 nitrogen and oxygen atoms in total. The van der Waals surface area contributed by atoms with Crippen molar-refractivity contribution in [3.8, 4) is 0 Å². The smallest absolute Gasteiger partial charge is 0.224 e. The van der Waals surface area contributed by atoms with Crippen molar-refractivity contribution in [3.63, 3.8) is 0 Å². The maximum Gasteiger partial charge on any atom is 0.224 e. The van der Waals surface area contributed by atoms with Gasteiger partial charge in [0, 0.05) is 11.8 Å². The summed E-state index contributed by atoms with van der Waals surface area (Å²) in [6.45, 7) is 0. The SMILES string of the molecule is O=S(=O)(c1ccc(/C=C/c2ccc(F)cc2)cc1)c1ncccc1C1(O)CCC1. The lowest BCUT2D eigenvalue weighted by Crippen LogP contribution is -2.35. The van der Waals surface area contributed by atoms with Gasteiger partial charge in [-0.05, 0) is 60.7 Å². The fourth-order valence-corrected chi connectivity index (χ4v) is 4.84. The quantitative estimate of drug-likeness (QED) is 0.626. The van der Waals surface area contributed by atoms with Gasteiger partial charge in [-0.25, -0.2) is 17.8 Å². The van der Waals surface area contributed by atoms with Crippen molar-refractivity contribution >= 4 is 22.0 Å². The van der Waals surface area contributed by atoms with Gasteiger partial charge in [-0.3, -0.25) is 0 Å². The summed E-state index contributed by atoms with van der Waals surface area (Å²) in [4.78, 5) is 4.21. The number of aromatic nitrogens is 1. The van der Waals surface area contributed by atoms with Gasteiger partial charge in [-0.2, -0.15) is 0 Å². The first kappa shape index (κ1) is 19.5. The Kier molecular flexibility index (Phi) is 5.06. The first-order valence-electron chi connectivity index (χ1n) is 9.35. The molecule has 0 bridgehead atoms. The number of nitrogens with zero attached hydrogens (tertiary/aromatic N) is 1. The summed E-state index contributed by atoms with van der Waals surface area (Å²) in [5.74, 6) is -0.294. The Bertz CT molecular complexity index is 1150. The van der Waals surface area contributed by atoms with E-state index in [-0.39, 0.29) is 15.7 Å². The minimum absolute atomic E-state index is 0.0863. The average Bonchev–Trinajstić information content (AvgIpc) is 2.72. The van der Waals surface area contributed by atoms with Crippen LogP contribution in [0.15, 0.2) is 76.8 Å². The van der Waals surface area contributed by atoms with Crippen LogP contribution in [0.3, 0.4) is 0 Å². The van der Waals surface area contributed by atoms with Crippen LogP contribution in [-0.2, 0) is 15.4 Å². The molecule has 0 aliphatic heterocycles. The molecule has 0 radical (unpaired) electrons. The second-order valence-electron chi connectivity index (χ2n) is 7.20. The summed E-state index contributed by atoms with van der Waals surface area (Å²) in [5.41, 5.74) is 0.905. The van der Waals surface area contributed by atoms with Gasteiger partial charge < -0.3 is 5.11 Å². The second-order valence-corrected chi connectivity index (χ2v) is 9.06. The summed E-state index contributed by atoms with van der Waals surface area (Å²) < 4.78 is 39.2. The zero-order valence-electron chi connectivity index (χ0n) is 15.6. The molecule has 1 aliphatic rings. The van der Waals surface area contributed by atoms with Crippen LogP contribution in [0.25, 0.3) is 12.2 Å². The van der Waals surface area contributed by atoms with Crippen LogP contribution in [0.4, 0.5) is 4.39 Å². The fourth-order valence-electron chi connectivity index (χ4n) is 3.38. The molecule has 1 aliphatic carbocycles. The summed E-state index contributed by atoms with van der Waals surface area (Å²) >= 11 is 0. The van der Waals surface area contributed by atoms with Crippen molar-refractivity contribution in [2.45, 2.75) is 34.8 Å². The van der Waals surface area contributed by atoms with Crippen LogP contribution in [0.5, 0.6) is 0 Å². The molecular formula is C23H20FNO3S. The molecule has 1 N–H and O–H groups in total. The molecule has 6 heteroatoms. The molecule has 0 amide bonds. The minimum atomic E-state index is -3.85. The van der Waals surface area contributed by atoms with Crippen molar-refractivity contribution in [2.75, 3.05) is 0 Å². The maximum atomic E-state index is 13.1. The summed E-state index contributed by atoms with van der Waals surface area (Å²) in [5, 5.41) is 10.6. The lowest BCUT2D eigenvalue weighted by atomic mass is 9.76. The van der Waals surface area contributed by atoms with E-state index in [0.29, 0.717) is 18.4 Å². The van der Waals surface area contributed by atoms with Crippen LogP contribution < -0.4 is 0 Å². The normalized spacial score (nSPS) is 15.9. The molecule has 0 atom stereocenters. The Morgan fingerprint density at radius 1 is 0.931 bits per heavy atom. The predicted octanol–water partition coefficient (Wildman–Crippen LogP) is 4.60. The highest BCUT2D eigenvalue weighted by molar-refractivity contribution is 7.91. The number of hydrogen-bond donors (Lipinski definition) is 1. The van der Waals surface area contributed by atoms with Crippen LogP contribution >= 0.6 is 0 Å². The van der Waals surface area contributed by atoms with E-state index >= 15 is 0 Å². The molecule has 0 unspecified atom stereocenters. The van der Waals surface area contributed by atoms with Crippen LogP contribution in [0.1, 0.15) is 36.0 Å². The Morgan fingerprint density at radius 2 is 1.52 bits per heavy atom. The molecule has 1 fully saturated rings. The molecule has 0 saturated heterocycles. The highest BCUT2D eigenvalue weighted by Gasteiger charge is 2.41. The zero-order valence-corrected chi connectivity index (χ0v) is 16.4. The maximum absolute atomic E-state index is 13.1. The third-order valence-electron chi connectivity index (χ3n) is 5.24. The summed E-state index contributed by atoms with van der Waals surface area (Å²) in [6, 6.07) is 15.8. The monoisotopic (exact) mass is 409 g/mol. The molecule has 1 aromatic heterocycles. The number of aliphatic hydroxyl groups is 1. The largest absolute Gasteiger partial charge is 0.385 e. The first-order valence-corrected chi connectivity index (χ1v) is 10.8. The van der Waals surface area contributed by atoms with E-state index in [1.54, 1.807) is 36.4 Å². The Balaban J connectivity index is 1.61. The Hall–Kier alpha value is -2.83. The molecule has 1 saturated carbocycles. The highest BCUT2D eigenvalue weighted by atomic mass is 32.2. The van der Waals surface area contributed by atoms with Crippen molar-refractivity contribution in [2.24, 2.45) is 0 Å². The average molecular weight is 409 g/mol. The van der Waals surface area contributed by atoms with E-state index in [4.69, 9.17) is 0 Å². The second kappa shape index (κ2) is 7.54. The van der Waals surface area contributed by atoms with Gasteiger partial charge in [-0.15, -0.1) is 0 Å². The first-order chi connectivity index (χ1) is 13.9.